The van der Waals surface area contributed by atoms with Crippen molar-refractivity contribution in [2.45, 2.75) is 13.3 Å². The van der Waals surface area contributed by atoms with Crippen LogP contribution >= 0.6 is 0 Å². The van der Waals surface area contributed by atoms with Gasteiger partial charge in [-0.3, -0.25) is 4.79 Å². The summed E-state index contributed by atoms with van der Waals surface area (Å²) >= 11 is 0. The summed E-state index contributed by atoms with van der Waals surface area (Å²) in [7, 11) is 0. The molecule has 0 unspecified atom stereocenters. The van der Waals surface area contributed by atoms with E-state index in [1.807, 2.05) is 24.3 Å². The van der Waals surface area contributed by atoms with Gasteiger partial charge in [0.05, 0.1) is 6.61 Å². The van der Waals surface area contributed by atoms with Gasteiger partial charge in [0.15, 0.2) is 0 Å². The smallest absolute Gasteiger partial charge is 0.244 e. The van der Waals surface area contributed by atoms with Crippen molar-refractivity contribution < 1.29 is 9.90 Å². The van der Waals surface area contributed by atoms with Gasteiger partial charge in [-0.25, -0.2) is 0 Å². The molecule has 0 aliphatic rings. The Hall–Kier alpha value is -1.61. The minimum atomic E-state index is -0.181. The highest BCUT2D eigenvalue weighted by atomic mass is 16.3. The van der Waals surface area contributed by atoms with Crippen LogP contribution in [0.4, 0.5) is 0 Å². The van der Waals surface area contributed by atoms with Gasteiger partial charge in [0.1, 0.15) is 0 Å². The van der Waals surface area contributed by atoms with E-state index in [1.165, 1.54) is 11.6 Å². The maximum Gasteiger partial charge on any atom is 0.244 e. The molecular formula is C13H17NO2. The van der Waals surface area contributed by atoms with E-state index in [2.05, 4.69) is 12.2 Å². The Balaban J connectivity index is 2.64. The third-order valence-electron chi connectivity index (χ3n) is 2.26. The molecule has 2 N–H and O–H groups in total. The van der Waals surface area contributed by atoms with Crippen LogP contribution in [0.1, 0.15) is 18.1 Å². The third kappa shape index (κ3) is 3.87. The van der Waals surface area contributed by atoms with Crippen molar-refractivity contribution in [3.8, 4) is 0 Å². The molecule has 0 atom stereocenters. The molecule has 1 aromatic carbocycles. The molecule has 0 aromatic heterocycles. The zero-order chi connectivity index (χ0) is 11.8. The Kier molecular flexibility index (Phi) is 5.29. The monoisotopic (exact) mass is 219 g/mol. The van der Waals surface area contributed by atoms with Crippen LogP contribution in [0.3, 0.4) is 0 Å². The zero-order valence-electron chi connectivity index (χ0n) is 9.44. The predicted molar refractivity (Wildman–Crippen MR) is 64.9 cm³/mol. The van der Waals surface area contributed by atoms with E-state index in [1.54, 1.807) is 6.08 Å². The fourth-order valence-electron chi connectivity index (χ4n) is 1.42. The molecule has 86 valence electrons. The Labute approximate surface area is 95.8 Å². The SMILES string of the molecule is CCc1ccccc1C=CC(=O)NCCO. The van der Waals surface area contributed by atoms with E-state index >= 15 is 0 Å². The van der Waals surface area contributed by atoms with E-state index in [9.17, 15) is 4.79 Å². The van der Waals surface area contributed by atoms with Gasteiger partial charge in [0.25, 0.3) is 0 Å². The summed E-state index contributed by atoms with van der Waals surface area (Å²) in [5.41, 5.74) is 2.28. The number of nitrogens with one attached hydrogen (secondary N) is 1. The number of rotatable bonds is 5. The number of amides is 1. The number of aryl methyl sites for hydroxylation is 1. The van der Waals surface area contributed by atoms with Crippen LogP contribution in [0.5, 0.6) is 0 Å². The molecule has 0 spiro atoms. The standard InChI is InChI=1S/C13H17NO2/c1-2-11-5-3-4-6-12(11)7-8-13(16)14-9-10-15/h3-8,15H,2,9-10H2,1H3,(H,14,16). The van der Waals surface area contributed by atoms with Gasteiger partial charge in [0, 0.05) is 12.6 Å². The molecular weight excluding hydrogens is 202 g/mol. The van der Waals surface area contributed by atoms with Crippen molar-refractivity contribution >= 4 is 12.0 Å². The summed E-state index contributed by atoms with van der Waals surface area (Å²) in [5, 5.41) is 11.1. The van der Waals surface area contributed by atoms with Gasteiger partial charge >= 0.3 is 0 Å². The Morgan fingerprint density at radius 3 is 2.88 bits per heavy atom. The summed E-state index contributed by atoms with van der Waals surface area (Å²) in [5.74, 6) is -0.181. The Bertz CT molecular complexity index is 372. The summed E-state index contributed by atoms with van der Waals surface area (Å²) in [6, 6.07) is 7.96. The molecule has 0 aliphatic carbocycles. The quantitative estimate of drug-likeness (QED) is 0.735. The maximum absolute atomic E-state index is 11.3. The molecule has 1 rings (SSSR count). The van der Waals surface area contributed by atoms with Crippen molar-refractivity contribution in [1.82, 2.24) is 5.32 Å². The molecule has 0 fully saturated rings. The number of hydrogen-bond acceptors (Lipinski definition) is 2. The van der Waals surface area contributed by atoms with Crippen LogP contribution < -0.4 is 5.32 Å². The lowest BCUT2D eigenvalue weighted by Crippen LogP contribution is -2.24. The number of aliphatic hydroxyl groups excluding tert-OH is 1. The number of benzene rings is 1. The van der Waals surface area contributed by atoms with Crippen LogP contribution in [-0.2, 0) is 11.2 Å². The van der Waals surface area contributed by atoms with E-state index < -0.39 is 0 Å². The first-order chi connectivity index (χ1) is 7.77. The highest BCUT2D eigenvalue weighted by Gasteiger charge is 1.97. The lowest BCUT2D eigenvalue weighted by molar-refractivity contribution is -0.116. The highest BCUT2D eigenvalue weighted by molar-refractivity contribution is 5.91. The van der Waals surface area contributed by atoms with Crippen LogP contribution in [0.15, 0.2) is 30.3 Å². The second-order valence-electron chi connectivity index (χ2n) is 3.40. The van der Waals surface area contributed by atoms with Crippen LogP contribution in [0, 0.1) is 0 Å². The Morgan fingerprint density at radius 1 is 1.44 bits per heavy atom. The zero-order valence-corrected chi connectivity index (χ0v) is 9.44. The first kappa shape index (κ1) is 12.5. The van der Waals surface area contributed by atoms with E-state index in [-0.39, 0.29) is 12.5 Å². The fourth-order valence-corrected chi connectivity index (χ4v) is 1.42. The number of hydrogen-bond donors (Lipinski definition) is 2. The second kappa shape index (κ2) is 6.80. The number of carbonyl (C=O) groups is 1. The van der Waals surface area contributed by atoms with Gasteiger partial charge in [-0.05, 0) is 23.6 Å². The predicted octanol–water partition coefficient (Wildman–Crippen LogP) is 1.37. The first-order valence-corrected chi connectivity index (χ1v) is 5.42. The van der Waals surface area contributed by atoms with Crippen LogP contribution in [0.2, 0.25) is 0 Å². The fraction of sp³-hybridized carbons (Fsp3) is 0.308. The lowest BCUT2D eigenvalue weighted by Gasteiger charge is -2.02. The van der Waals surface area contributed by atoms with Crippen molar-refractivity contribution in [2.24, 2.45) is 0 Å². The van der Waals surface area contributed by atoms with Gasteiger partial charge in [0.2, 0.25) is 5.91 Å². The van der Waals surface area contributed by atoms with Crippen molar-refractivity contribution in [3.63, 3.8) is 0 Å². The largest absolute Gasteiger partial charge is 0.395 e. The normalized spacial score (nSPS) is 10.6. The molecule has 1 amide bonds. The molecule has 3 heteroatoms. The van der Waals surface area contributed by atoms with Crippen molar-refractivity contribution in [3.05, 3.63) is 41.5 Å². The van der Waals surface area contributed by atoms with Crippen molar-refractivity contribution in [2.75, 3.05) is 13.2 Å². The summed E-state index contributed by atoms with van der Waals surface area (Å²) in [6.45, 7) is 2.34. The average Bonchev–Trinajstić information content (AvgIpc) is 2.34. The molecule has 0 bridgehead atoms. The highest BCUT2D eigenvalue weighted by Crippen LogP contribution is 2.10. The van der Waals surface area contributed by atoms with Gasteiger partial charge in [-0.2, -0.15) is 0 Å². The van der Waals surface area contributed by atoms with Gasteiger partial charge < -0.3 is 10.4 Å². The van der Waals surface area contributed by atoms with Crippen LogP contribution in [0.25, 0.3) is 6.08 Å². The molecule has 0 saturated carbocycles. The molecule has 1 aromatic rings. The van der Waals surface area contributed by atoms with E-state index in [0.29, 0.717) is 6.54 Å². The summed E-state index contributed by atoms with van der Waals surface area (Å²) in [6.07, 6.45) is 4.23. The Morgan fingerprint density at radius 2 is 2.19 bits per heavy atom. The molecule has 0 heterocycles. The molecule has 0 aliphatic heterocycles. The van der Waals surface area contributed by atoms with Gasteiger partial charge in [-0.15, -0.1) is 0 Å². The molecule has 3 nitrogen and oxygen atoms in total. The minimum Gasteiger partial charge on any atom is -0.395 e. The third-order valence-corrected chi connectivity index (χ3v) is 2.26. The topological polar surface area (TPSA) is 49.3 Å². The van der Waals surface area contributed by atoms with Crippen LogP contribution in [-0.4, -0.2) is 24.2 Å². The maximum atomic E-state index is 11.3. The molecule has 16 heavy (non-hydrogen) atoms. The number of aliphatic hydroxyl groups is 1. The summed E-state index contributed by atoms with van der Waals surface area (Å²) < 4.78 is 0. The van der Waals surface area contributed by atoms with Gasteiger partial charge in [-0.1, -0.05) is 31.2 Å². The van der Waals surface area contributed by atoms with E-state index in [4.69, 9.17) is 5.11 Å². The molecule has 0 saturated heterocycles. The van der Waals surface area contributed by atoms with E-state index in [0.717, 1.165) is 12.0 Å². The average molecular weight is 219 g/mol. The summed E-state index contributed by atoms with van der Waals surface area (Å²) in [4.78, 5) is 11.3. The first-order valence-electron chi connectivity index (χ1n) is 5.42. The lowest BCUT2D eigenvalue weighted by atomic mass is 10.1. The minimum absolute atomic E-state index is 0.0366. The second-order valence-corrected chi connectivity index (χ2v) is 3.40. The van der Waals surface area contributed by atoms with Crippen molar-refractivity contribution in [1.29, 1.82) is 0 Å². The number of carbonyl (C=O) groups excluding carboxylic acids is 1. The molecule has 0 radical (unpaired) electrons.